The Bertz CT molecular complexity index is 472. The molecule has 1 aromatic rings. The van der Waals surface area contributed by atoms with E-state index in [-0.39, 0.29) is 11.9 Å². The fraction of sp³-hybridized carbons (Fsp3) is 0.533. The number of nitrogens with zero attached hydrogens (tertiary/aromatic N) is 1. The summed E-state index contributed by atoms with van der Waals surface area (Å²) in [6.07, 6.45) is 1.03. The minimum absolute atomic E-state index is 0.218. The normalized spacial score (nSPS) is 17.4. The summed E-state index contributed by atoms with van der Waals surface area (Å²) in [7, 11) is 0. The molecule has 0 radical (unpaired) electrons. The van der Waals surface area contributed by atoms with E-state index in [1.165, 1.54) is 11.3 Å². The molecule has 19 heavy (non-hydrogen) atoms. The molecular formula is C15H23N3O. The number of fused-ring (bicyclic) bond motifs is 1. The molecule has 1 aliphatic rings. The van der Waals surface area contributed by atoms with E-state index < -0.39 is 5.54 Å². The van der Waals surface area contributed by atoms with Crippen molar-refractivity contribution in [1.82, 2.24) is 5.32 Å². The van der Waals surface area contributed by atoms with Gasteiger partial charge in [0, 0.05) is 24.8 Å². The number of para-hydroxylation sites is 1. The maximum atomic E-state index is 11.8. The predicted molar refractivity (Wildman–Crippen MR) is 78.2 cm³/mol. The largest absolute Gasteiger partial charge is 0.369 e. The Morgan fingerprint density at radius 2 is 2.16 bits per heavy atom. The average molecular weight is 261 g/mol. The molecule has 0 spiro atoms. The summed E-state index contributed by atoms with van der Waals surface area (Å²) < 4.78 is 0. The third-order valence-corrected chi connectivity index (χ3v) is 3.64. The SMILES string of the molecule is CC(C)NC(C)(CN1CCc2ccccc21)C(N)=O. The lowest BCUT2D eigenvalue weighted by Crippen LogP contribution is -2.61. The Kier molecular flexibility index (Phi) is 3.80. The molecular weight excluding hydrogens is 238 g/mol. The van der Waals surface area contributed by atoms with Gasteiger partial charge in [-0.15, -0.1) is 0 Å². The highest BCUT2D eigenvalue weighted by Gasteiger charge is 2.35. The van der Waals surface area contributed by atoms with Gasteiger partial charge in [-0.25, -0.2) is 0 Å². The second kappa shape index (κ2) is 5.21. The van der Waals surface area contributed by atoms with Crippen molar-refractivity contribution in [3.05, 3.63) is 29.8 Å². The summed E-state index contributed by atoms with van der Waals surface area (Å²) in [4.78, 5) is 14.0. The monoisotopic (exact) mass is 261 g/mol. The quantitative estimate of drug-likeness (QED) is 0.839. The van der Waals surface area contributed by atoms with Gasteiger partial charge in [0.15, 0.2) is 0 Å². The Hall–Kier alpha value is -1.55. The van der Waals surface area contributed by atoms with Crippen LogP contribution in [0.2, 0.25) is 0 Å². The van der Waals surface area contributed by atoms with Crippen molar-refractivity contribution >= 4 is 11.6 Å². The second-order valence-electron chi connectivity index (χ2n) is 5.80. The van der Waals surface area contributed by atoms with Gasteiger partial charge < -0.3 is 10.6 Å². The van der Waals surface area contributed by atoms with Crippen LogP contribution in [0.1, 0.15) is 26.3 Å². The molecule has 0 saturated heterocycles. The van der Waals surface area contributed by atoms with Gasteiger partial charge in [-0.1, -0.05) is 18.2 Å². The van der Waals surface area contributed by atoms with Crippen LogP contribution in [0.5, 0.6) is 0 Å². The first kappa shape index (κ1) is 13.9. The number of primary amides is 1. The van der Waals surface area contributed by atoms with Crippen molar-refractivity contribution in [2.75, 3.05) is 18.0 Å². The highest BCUT2D eigenvalue weighted by atomic mass is 16.1. The second-order valence-corrected chi connectivity index (χ2v) is 5.80. The number of nitrogens with one attached hydrogen (secondary N) is 1. The predicted octanol–water partition coefficient (Wildman–Crippen LogP) is 1.29. The molecule has 2 rings (SSSR count). The van der Waals surface area contributed by atoms with E-state index >= 15 is 0 Å². The summed E-state index contributed by atoms with van der Waals surface area (Å²) in [6, 6.07) is 8.57. The van der Waals surface area contributed by atoms with E-state index in [2.05, 4.69) is 28.4 Å². The summed E-state index contributed by atoms with van der Waals surface area (Å²) in [6.45, 7) is 7.49. The number of anilines is 1. The minimum atomic E-state index is -0.703. The first-order chi connectivity index (χ1) is 8.92. The standard InChI is InChI=1S/C15H23N3O/c1-11(2)17-15(3,14(16)19)10-18-9-8-12-6-4-5-7-13(12)18/h4-7,11,17H,8-10H2,1-3H3,(H2,16,19). The molecule has 104 valence electrons. The molecule has 1 aromatic carbocycles. The Balaban J connectivity index is 2.18. The third-order valence-electron chi connectivity index (χ3n) is 3.64. The molecule has 1 aliphatic heterocycles. The first-order valence-corrected chi connectivity index (χ1v) is 6.83. The maximum absolute atomic E-state index is 11.8. The molecule has 0 fully saturated rings. The van der Waals surface area contributed by atoms with Gasteiger partial charge >= 0.3 is 0 Å². The molecule has 1 unspecified atom stereocenters. The number of hydrogen-bond donors (Lipinski definition) is 2. The molecule has 1 amide bonds. The topological polar surface area (TPSA) is 58.4 Å². The number of nitrogens with two attached hydrogens (primary N) is 1. The van der Waals surface area contributed by atoms with Gasteiger partial charge in [0.1, 0.15) is 5.54 Å². The van der Waals surface area contributed by atoms with Crippen LogP contribution in [-0.2, 0) is 11.2 Å². The summed E-state index contributed by atoms with van der Waals surface area (Å²) in [5.41, 5.74) is 7.46. The van der Waals surface area contributed by atoms with Crippen LogP contribution in [0.3, 0.4) is 0 Å². The van der Waals surface area contributed by atoms with E-state index in [0.29, 0.717) is 6.54 Å². The Labute approximate surface area is 115 Å². The van der Waals surface area contributed by atoms with E-state index in [4.69, 9.17) is 5.73 Å². The van der Waals surface area contributed by atoms with E-state index in [1.807, 2.05) is 26.8 Å². The summed E-state index contributed by atoms with van der Waals surface area (Å²) >= 11 is 0. The van der Waals surface area contributed by atoms with Crippen molar-refractivity contribution in [2.24, 2.45) is 5.73 Å². The van der Waals surface area contributed by atoms with Gasteiger partial charge in [-0.05, 0) is 38.8 Å². The number of rotatable bonds is 5. The van der Waals surface area contributed by atoms with Gasteiger partial charge in [0.25, 0.3) is 0 Å². The summed E-state index contributed by atoms with van der Waals surface area (Å²) in [5.74, 6) is -0.300. The van der Waals surface area contributed by atoms with Crippen LogP contribution >= 0.6 is 0 Å². The molecule has 0 saturated carbocycles. The zero-order chi connectivity index (χ0) is 14.0. The molecule has 1 heterocycles. The zero-order valence-corrected chi connectivity index (χ0v) is 11.9. The van der Waals surface area contributed by atoms with Crippen LogP contribution in [0.25, 0.3) is 0 Å². The van der Waals surface area contributed by atoms with Crippen LogP contribution in [0, 0.1) is 0 Å². The zero-order valence-electron chi connectivity index (χ0n) is 11.9. The van der Waals surface area contributed by atoms with Crippen LogP contribution in [0.4, 0.5) is 5.69 Å². The minimum Gasteiger partial charge on any atom is -0.369 e. The number of hydrogen-bond acceptors (Lipinski definition) is 3. The average Bonchev–Trinajstić information content (AvgIpc) is 2.71. The van der Waals surface area contributed by atoms with Crippen LogP contribution < -0.4 is 16.0 Å². The van der Waals surface area contributed by atoms with Gasteiger partial charge in [0.05, 0.1) is 0 Å². The Morgan fingerprint density at radius 3 is 2.79 bits per heavy atom. The van der Waals surface area contributed by atoms with Crippen molar-refractivity contribution in [2.45, 2.75) is 38.8 Å². The highest BCUT2D eigenvalue weighted by Crippen LogP contribution is 2.28. The van der Waals surface area contributed by atoms with Crippen molar-refractivity contribution in [3.8, 4) is 0 Å². The van der Waals surface area contributed by atoms with Gasteiger partial charge in [0.2, 0.25) is 5.91 Å². The molecule has 0 aromatic heterocycles. The Morgan fingerprint density at radius 1 is 1.47 bits per heavy atom. The molecule has 0 bridgehead atoms. The fourth-order valence-corrected chi connectivity index (χ4v) is 2.78. The van der Waals surface area contributed by atoms with Crippen LogP contribution in [-0.4, -0.2) is 30.6 Å². The lowest BCUT2D eigenvalue weighted by atomic mass is 9.99. The van der Waals surface area contributed by atoms with Crippen LogP contribution in [0.15, 0.2) is 24.3 Å². The lowest BCUT2D eigenvalue weighted by Gasteiger charge is -2.34. The van der Waals surface area contributed by atoms with Gasteiger partial charge in [-0.2, -0.15) is 0 Å². The van der Waals surface area contributed by atoms with E-state index in [1.54, 1.807) is 0 Å². The highest BCUT2D eigenvalue weighted by molar-refractivity contribution is 5.85. The molecule has 0 aliphatic carbocycles. The lowest BCUT2D eigenvalue weighted by molar-refractivity contribution is -0.123. The number of carbonyl (C=O) groups is 1. The third kappa shape index (κ3) is 2.89. The van der Waals surface area contributed by atoms with Crippen molar-refractivity contribution < 1.29 is 4.79 Å². The molecule has 4 nitrogen and oxygen atoms in total. The molecule has 4 heteroatoms. The van der Waals surface area contributed by atoms with E-state index in [0.717, 1.165) is 13.0 Å². The molecule has 3 N–H and O–H groups in total. The number of amides is 1. The first-order valence-electron chi connectivity index (χ1n) is 6.83. The van der Waals surface area contributed by atoms with Gasteiger partial charge in [-0.3, -0.25) is 10.1 Å². The van der Waals surface area contributed by atoms with Crippen molar-refractivity contribution in [1.29, 1.82) is 0 Å². The number of benzene rings is 1. The molecule has 1 atom stereocenters. The van der Waals surface area contributed by atoms with E-state index in [9.17, 15) is 4.79 Å². The number of carbonyl (C=O) groups excluding carboxylic acids is 1. The smallest absolute Gasteiger partial charge is 0.239 e. The fourth-order valence-electron chi connectivity index (χ4n) is 2.78. The van der Waals surface area contributed by atoms with Crippen molar-refractivity contribution in [3.63, 3.8) is 0 Å². The summed E-state index contributed by atoms with van der Waals surface area (Å²) in [5, 5.41) is 3.30. The maximum Gasteiger partial charge on any atom is 0.239 e.